The summed E-state index contributed by atoms with van der Waals surface area (Å²) < 4.78 is 0. The normalized spacial score (nSPS) is 16.2. The highest BCUT2D eigenvalue weighted by molar-refractivity contribution is 7.99. The third-order valence-corrected chi connectivity index (χ3v) is 3.65. The molecule has 0 radical (unpaired) electrons. The Balaban J connectivity index is 2.35. The zero-order valence-electron chi connectivity index (χ0n) is 9.70. The number of aromatic nitrogens is 2. The minimum atomic E-state index is -0.465. The Morgan fingerprint density at radius 3 is 3.06 bits per heavy atom. The minimum absolute atomic E-state index is 0.0825. The molecule has 0 unspecified atom stereocenters. The van der Waals surface area contributed by atoms with Crippen LogP contribution in [0.2, 0.25) is 0 Å². The van der Waals surface area contributed by atoms with Crippen molar-refractivity contribution in [2.75, 3.05) is 34.9 Å². The molecule has 0 spiro atoms. The number of nitrogen functional groups attached to an aromatic ring is 1. The fraction of sp³-hybridized carbons (Fsp3) is 0.556. The zero-order valence-corrected chi connectivity index (χ0v) is 10.5. The standard InChI is InChI=1S/C9H14N6O2S/c10-13-9-11-6-7(15(16)17)8(12-9)14-2-1-4-18-5-3-14/h6H,1-5,10H2,(H,11,12,13). The van der Waals surface area contributed by atoms with Gasteiger partial charge < -0.3 is 4.90 Å². The van der Waals surface area contributed by atoms with Crippen LogP contribution < -0.4 is 16.2 Å². The van der Waals surface area contributed by atoms with Crippen LogP contribution >= 0.6 is 11.8 Å². The zero-order chi connectivity index (χ0) is 13.0. The second-order valence-electron chi connectivity index (χ2n) is 3.76. The lowest BCUT2D eigenvalue weighted by atomic mass is 10.3. The maximum absolute atomic E-state index is 11.0. The Kier molecular flexibility index (Phi) is 4.15. The molecule has 1 aromatic rings. The molecule has 1 saturated heterocycles. The van der Waals surface area contributed by atoms with Crippen molar-refractivity contribution >= 4 is 29.2 Å². The van der Waals surface area contributed by atoms with Crippen LogP contribution in [0.15, 0.2) is 6.20 Å². The summed E-state index contributed by atoms with van der Waals surface area (Å²) in [7, 11) is 0. The molecular weight excluding hydrogens is 256 g/mol. The molecule has 9 heteroatoms. The average Bonchev–Trinajstić information content (AvgIpc) is 2.66. The number of nitrogens with zero attached hydrogens (tertiary/aromatic N) is 4. The number of nitrogens with one attached hydrogen (secondary N) is 1. The Hall–Kier alpha value is -1.61. The van der Waals surface area contributed by atoms with E-state index in [1.54, 1.807) is 0 Å². The summed E-state index contributed by atoms with van der Waals surface area (Å²) in [5.74, 6) is 7.77. The molecule has 1 aromatic heterocycles. The van der Waals surface area contributed by atoms with Gasteiger partial charge >= 0.3 is 5.69 Å². The van der Waals surface area contributed by atoms with Gasteiger partial charge in [0.15, 0.2) is 0 Å². The van der Waals surface area contributed by atoms with Gasteiger partial charge in [-0.3, -0.25) is 15.5 Å². The van der Waals surface area contributed by atoms with E-state index in [0.717, 1.165) is 31.0 Å². The fourth-order valence-corrected chi connectivity index (χ4v) is 2.64. The molecule has 3 N–H and O–H groups in total. The molecule has 18 heavy (non-hydrogen) atoms. The number of thioether (sulfide) groups is 1. The summed E-state index contributed by atoms with van der Waals surface area (Å²) >= 11 is 1.84. The molecule has 0 aliphatic carbocycles. The number of hydrazine groups is 1. The summed E-state index contributed by atoms with van der Waals surface area (Å²) in [5, 5.41) is 11.0. The van der Waals surface area contributed by atoms with Crippen molar-refractivity contribution in [3.63, 3.8) is 0 Å². The molecule has 0 amide bonds. The first-order chi connectivity index (χ1) is 8.72. The van der Waals surface area contributed by atoms with Crippen LogP contribution in [0.1, 0.15) is 6.42 Å². The molecule has 0 atom stereocenters. The monoisotopic (exact) mass is 270 g/mol. The predicted molar refractivity (Wildman–Crippen MR) is 70.7 cm³/mol. The summed E-state index contributed by atoms with van der Waals surface area (Å²) in [6.45, 7) is 1.50. The topological polar surface area (TPSA) is 110 Å². The third-order valence-electron chi connectivity index (χ3n) is 2.60. The van der Waals surface area contributed by atoms with Gasteiger partial charge in [-0.15, -0.1) is 0 Å². The Labute approximate surface area is 108 Å². The van der Waals surface area contributed by atoms with Gasteiger partial charge in [-0.25, -0.2) is 10.8 Å². The van der Waals surface area contributed by atoms with Gasteiger partial charge in [-0.05, 0) is 12.2 Å². The van der Waals surface area contributed by atoms with Crippen molar-refractivity contribution in [3.05, 3.63) is 16.3 Å². The Morgan fingerprint density at radius 1 is 1.50 bits per heavy atom. The molecule has 1 aliphatic heterocycles. The van der Waals surface area contributed by atoms with Crippen LogP contribution in [-0.4, -0.2) is 39.5 Å². The molecule has 0 bridgehead atoms. The van der Waals surface area contributed by atoms with Crippen LogP contribution in [0.3, 0.4) is 0 Å². The summed E-state index contributed by atoms with van der Waals surface area (Å²) in [4.78, 5) is 20.3. The van der Waals surface area contributed by atoms with E-state index in [1.807, 2.05) is 16.7 Å². The lowest BCUT2D eigenvalue weighted by molar-refractivity contribution is -0.384. The maximum atomic E-state index is 11.0. The molecule has 0 aromatic carbocycles. The average molecular weight is 270 g/mol. The highest BCUT2D eigenvalue weighted by Gasteiger charge is 2.23. The number of anilines is 2. The highest BCUT2D eigenvalue weighted by atomic mass is 32.2. The lowest BCUT2D eigenvalue weighted by Crippen LogP contribution is -2.28. The van der Waals surface area contributed by atoms with Crippen LogP contribution in [0, 0.1) is 10.1 Å². The SMILES string of the molecule is NNc1ncc([N+](=O)[O-])c(N2CCCSCC2)n1. The number of hydrogen-bond acceptors (Lipinski definition) is 8. The molecular formula is C9H14N6O2S. The summed E-state index contributed by atoms with van der Waals surface area (Å²) in [6, 6.07) is 0. The highest BCUT2D eigenvalue weighted by Crippen LogP contribution is 2.27. The molecule has 98 valence electrons. The van der Waals surface area contributed by atoms with Gasteiger partial charge in [-0.2, -0.15) is 16.7 Å². The van der Waals surface area contributed by atoms with Crippen LogP contribution in [-0.2, 0) is 0 Å². The summed E-state index contributed by atoms with van der Waals surface area (Å²) in [5.41, 5.74) is 2.23. The molecule has 2 heterocycles. The molecule has 8 nitrogen and oxygen atoms in total. The van der Waals surface area contributed by atoms with Gasteiger partial charge in [0.2, 0.25) is 11.8 Å². The van der Waals surface area contributed by atoms with Gasteiger partial charge in [0, 0.05) is 18.8 Å². The molecule has 2 rings (SSSR count). The van der Waals surface area contributed by atoms with Crippen LogP contribution in [0.5, 0.6) is 0 Å². The number of rotatable bonds is 3. The van der Waals surface area contributed by atoms with Gasteiger partial charge in [0.1, 0.15) is 6.20 Å². The fourth-order valence-electron chi connectivity index (χ4n) is 1.76. The van der Waals surface area contributed by atoms with E-state index in [2.05, 4.69) is 15.4 Å². The van der Waals surface area contributed by atoms with Crippen LogP contribution in [0.4, 0.5) is 17.5 Å². The number of nitrogens with two attached hydrogens (primary N) is 1. The predicted octanol–water partition coefficient (Wildman–Crippen LogP) is 0.614. The second-order valence-corrected chi connectivity index (χ2v) is 4.98. The van der Waals surface area contributed by atoms with E-state index in [-0.39, 0.29) is 11.6 Å². The largest absolute Gasteiger partial charge is 0.350 e. The van der Waals surface area contributed by atoms with Crippen molar-refractivity contribution in [3.8, 4) is 0 Å². The first-order valence-electron chi connectivity index (χ1n) is 5.53. The van der Waals surface area contributed by atoms with E-state index < -0.39 is 4.92 Å². The first-order valence-corrected chi connectivity index (χ1v) is 6.68. The number of hydrogen-bond donors (Lipinski definition) is 2. The molecule has 1 aliphatic rings. The van der Waals surface area contributed by atoms with Crippen molar-refractivity contribution in [1.29, 1.82) is 0 Å². The van der Waals surface area contributed by atoms with E-state index in [0.29, 0.717) is 5.82 Å². The number of nitro groups is 1. The lowest BCUT2D eigenvalue weighted by Gasteiger charge is -2.20. The van der Waals surface area contributed by atoms with E-state index in [9.17, 15) is 10.1 Å². The smallest absolute Gasteiger partial charge is 0.329 e. The van der Waals surface area contributed by atoms with Crippen molar-refractivity contribution in [1.82, 2.24) is 9.97 Å². The minimum Gasteiger partial charge on any atom is -0.350 e. The molecule has 1 fully saturated rings. The van der Waals surface area contributed by atoms with Gasteiger partial charge in [0.25, 0.3) is 0 Å². The van der Waals surface area contributed by atoms with Gasteiger partial charge in [0.05, 0.1) is 4.92 Å². The third kappa shape index (κ3) is 2.79. The van der Waals surface area contributed by atoms with E-state index in [1.165, 1.54) is 6.20 Å². The second kappa shape index (κ2) is 5.83. The van der Waals surface area contributed by atoms with Crippen molar-refractivity contribution in [2.24, 2.45) is 5.84 Å². The van der Waals surface area contributed by atoms with E-state index >= 15 is 0 Å². The molecule has 0 saturated carbocycles. The van der Waals surface area contributed by atoms with Gasteiger partial charge in [-0.1, -0.05) is 0 Å². The Morgan fingerprint density at radius 2 is 2.33 bits per heavy atom. The maximum Gasteiger partial charge on any atom is 0.329 e. The van der Waals surface area contributed by atoms with Crippen molar-refractivity contribution in [2.45, 2.75) is 6.42 Å². The summed E-state index contributed by atoms with van der Waals surface area (Å²) in [6.07, 6.45) is 2.17. The van der Waals surface area contributed by atoms with Crippen molar-refractivity contribution < 1.29 is 4.92 Å². The van der Waals surface area contributed by atoms with E-state index in [4.69, 9.17) is 5.84 Å². The van der Waals surface area contributed by atoms with Crippen LogP contribution in [0.25, 0.3) is 0 Å². The quantitative estimate of drug-likeness (QED) is 0.467. The first kappa shape index (κ1) is 12.8. The Bertz CT molecular complexity index is 435.